The zero-order valence-electron chi connectivity index (χ0n) is 11.7. The van der Waals surface area contributed by atoms with Gasteiger partial charge in [0.15, 0.2) is 0 Å². The Morgan fingerprint density at radius 1 is 1.39 bits per heavy atom. The highest BCUT2D eigenvalue weighted by atomic mass is 15.2. The number of likely N-dealkylation sites (N-methyl/N-ethyl adjacent to an activating group) is 1. The van der Waals surface area contributed by atoms with E-state index in [-0.39, 0.29) is 0 Å². The second-order valence-corrected chi connectivity index (χ2v) is 5.33. The Hall–Kier alpha value is -0.870. The lowest BCUT2D eigenvalue weighted by atomic mass is 9.96. The highest BCUT2D eigenvalue weighted by Crippen LogP contribution is 2.19. The van der Waals surface area contributed by atoms with Crippen LogP contribution in [0.2, 0.25) is 0 Å². The molecular formula is C14H26N4. The van der Waals surface area contributed by atoms with E-state index in [9.17, 15) is 0 Å². The third-order valence-corrected chi connectivity index (χ3v) is 4.12. The molecule has 1 aromatic heterocycles. The van der Waals surface area contributed by atoms with Crippen molar-refractivity contribution in [2.75, 3.05) is 20.1 Å². The number of rotatable bonds is 6. The van der Waals surface area contributed by atoms with Crippen LogP contribution in [0.5, 0.6) is 0 Å². The standard InChI is InChI=1S/C14H26N4/c1-13(15-2)14-6-3-4-9-18(14)10-5-8-17-11-7-16-12-17/h7,11-15H,3-6,8-10H2,1-2H3. The van der Waals surface area contributed by atoms with Crippen molar-refractivity contribution in [3.63, 3.8) is 0 Å². The molecule has 4 nitrogen and oxygen atoms in total. The molecule has 0 aromatic carbocycles. The second kappa shape index (κ2) is 6.90. The van der Waals surface area contributed by atoms with Crippen LogP contribution in [0.1, 0.15) is 32.6 Å². The van der Waals surface area contributed by atoms with Crippen molar-refractivity contribution in [1.29, 1.82) is 0 Å². The summed E-state index contributed by atoms with van der Waals surface area (Å²) in [4.78, 5) is 6.75. The van der Waals surface area contributed by atoms with Gasteiger partial charge in [0.1, 0.15) is 0 Å². The van der Waals surface area contributed by atoms with Crippen molar-refractivity contribution >= 4 is 0 Å². The summed E-state index contributed by atoms with van der Waals surface area (Å²) in [5, 5.41) is 3.41. The van der Waals surface area contributed by atoms with Crippen molar-refractivity contribution in [1.82, 2.24) is 19.8 Å². The Bertz CT molecular complexity index is 323. The minimum absolute atomic E-state index is 0.596. The Kier molecular flexibility index (Phi) is 5.20. The van der Waals surface area contributed by atoms with E-state index in [0.29, 0.717) is 12.1 Å². The lowest BCUT2D eigenvalue weighted by molar-refractivity contribution is 0.119. The molecule has 0 bridgehead atoms. The third kappa shape index (κ3) is 3.56. The van der Waals surface area contributed by atoms with E-state index in [0.717, 1.165) is 6.54 Å². The monoisotopic (exact) mass is 250 g/mol. The zero-order chi connectivity index (χ0) is 12.8. The molecule has 1 aromatic rings. The number of aromatic nitrogens is 2. The van der Waals surface area contributed by atoms with E-state index in [1.54, 1.807) is 0 Å². The predicted molar refractivity (Wildman–Crippen MR) is 74.6 cm³/mol. The normalized spacial score (nSPS) is 23.1. The van der Waals surface area contributed by atoms with E-state index in [2.05, 4.69) is 33.7 Å². The number of likely N-dealkylation sites (tertiary alicyclic amines) is 1. The molecule has 18 heavy (non-hydrogen) atoms. The first-order valence-corrected chi connectivity index (χ1v) is 7.18. The second-order valence-electron chi connectivity index (χ2n) is 5.33. The molecule has 1 aliphatic heterocycles. The molecule has 1 N–H and O–H groups in total. The lowest BCUT2D eigenvalue weighted by Crippen LogP contribution is -2.50. The van der Waals surface area contributed by atoms with Crippen molar-refractivity contribution < 1.29 is 0 Å². The third-order valence-electron chi connectivity index (χ3n) is 4.12. The largest absolute Gasteiger partial charge is 0.337 e. The van der Waals surface area contributed by atoms with Gasteiger partial charge in [0.05, 0.1) is 6.33 Å². The molecule has 0 amide bonds. The van der Waals surface area contributed by atoms with Crippen LogP contribution in [-0.2, 0) is 6.54 Å². The Labute approximate surface area is 110 Å². The van der Waals surface area contributed by atoms with Gasteiger partial charge in [-0.3, -0.25) is 4.90 Å². The molecule has 1 saturated heterocycles. The summed E-state index contributed by atoms with van der Waals surface area (Å²) in [6.07, 6.45) is 11.1. The van der Waals surface area contributed by atoms with Gasteiger partial charge < -0.3 is 9.88 Å². The minimum atomic E-state index is 0.596. The maximum Gasteiger partial charge on any atom is 0.0945 e. The van der Waals surface area contributed by atoms with Gasteiger partial charge in [0.2, 0.25) is 0 Å². The van der Waals surface area contributed by atoms with Crippen molar-refractivity contribution in [3.8, 4) is 0 Å². The van der Waals surface area contributed by atoms with E-state index in [1.807, 2.05) is 18.7 Å². The number of hydrogen-bond acceptors (Lipinski definition) is 3. The SMILES string of the molecule is CNC(C)C1CCCCN1CCCn1ccnc1. The zero-order valence-corrected chi connectivity index (χ0v) is 11.7. The number of nitrogens with one attached hydrogen (secondary N) is 1. The van der Waals surface area contributed by atoms with Gasteiger partial charge >= 0.3 is 0 Å². The number of piperidine rings is 1. The van der Waals surface area contributed by atoms with Crippen LogP contribution < -0.4 is 5.32 Å². The van der Waals surface area contributed by atoms with Crippen molar-refractivity contribution in [2.24, 2.45) is 0 Å². The molecule has 2 unspecified atom stereocenters. The lowest BCUT2D eigenvalue weighted by Gasteiger charge is -2.39. The Morgan fingerprint density at radius 2 is 2.28 bits per heavy atom. The molecule has 0 spiro atoms. The van der Waals surface area contributed by atoms with E-state index < -0.39 is 0 Å². The molecule has 1 aliphatic rings. The summed E-state index contributed by atoms with van der Waals surface area (Å²) in [7, 11) is 2.07. The molecule has 0 radical (unpaired) electrons. The highest BCUT2D eigenvalue weighted by Gasteiger charge is 2.25. The van der Waals surface area contributed by atoms with Gasteiger partial charge in [-0.15, -0.1) is 0 Å². The Balaban J connectivity index is 1.78. The maximum absolute atomic E-state index is 4.08. The van der Waals surface area contributed by atoms with Gasteiger partial charge in [-0.25, -0.2) is 4.98 Å². The summed E-state index contributed by atoms with van der Waals surface area (Å²) in [5.41, 5.74) is 0. The molecule has 102 valence electrons. The van der Waals surface area contributed by atoms with Crippen LogP contribution in [0.4, 0.5) is 0 Å². The summed E-state index contributed by atoms with van der Waals surface area (Å²) in [6, 6.07) is 1.31. The molecular weight excluding hydrogens is 224 g/mol. The number of hydrogen-bond donors (Lipinski definition) is 1. The number of nitrogens with zero attached hydrogens (tertiary/aromatic N) is 3. The topological polar surface area (TPSA) is 33.1 Å². The summed E-state index contributed by atoms with van der Waals surface area (Å²) >= 11 is 0. The van der Waals surface area contributed by atoms with E-state index in [1.165, 1.54) is 38.8 Å². The number of aryl methyl sites for hydroxylation is 1. The summed E-state index contributed by atoms with van der Waals surface area (Å²) < 4.78 is 2.17. The molecule has 2 atom stereocenters. The van der Waals surface area contributed by atoms with Gasteiger partial charge in [0, 0.05) is 37.6 Å². The van der Waals surface area contributed by atoms with Crippen molar-refractivity contribution in [2.45, 2.75) is 51.2 Å². The summed E-state index contributed by atoms with van der Waals surface area (Å²) in [6.45, 7) is 5.85. The van der Waals surface area contributed by atoms with Gasteiger partial charge in [0.25, 0.3) is 0 Å². The fourth-order valence-corrected chi connectivity index (χ4v) is 2.93. The van der Waals surface area contributed by atoms with E-state index in [4.69, 9.17) is 0 Å². The van der Waals surface area contributed by atoms with Crippen LogP contribution in [-0.4, -0.2) is 46.7 Å². The van der Waals surface area contributed by atoms with Gasteiger partial charge in [-0.1, -0.05) is 6.42 Å². The molecule has 1 fully saturated rings. The average Bonchev–Trinajstić information content (AvgIpc) is 2.92. The molecule has 4 heteroatoms. The first-order valence-electron chi connectivity index (χ1n) is 7.18. The van der Waals surface area contributed by atoms with Crippen LogP contribution in [0.15, 0.2) is 18.7 Å². The summed E-state index contributed by atoms with van der Waals surface area (Å²) in [5.74, 6) is 0. The fraction of sp³-hybridized carbons (Fsp3) is 0.786. The molecule has 0 saturated carbocycles. The number of imidazole rings is 1. The van der Waals surface area contributed by atoms with Crippen LogP contribution in [0, 0.1) is 0 Å². The first kappa shape index (κ1) is 13.6. The maximum atomic E-state index is 4.08. The van der Waals surface area contributed by atoms with Gasteiger partial charge in [-0.2, -0.15) is 0 Å². The average molecular weight is 250 g/mol. The molecule has 2 rings (SSSR count). The van der Waals surface area contributed by atoms with Crippen LogP contribution in [0.25, 0.3) is 0 Å². The van der Waals surface area contributed by atoms with Crippen molar-refractivity contribution in [3.05, 3.63) is 18.7 Å². The molecule has 2 heterocycles. The smallest absolute Gasteiger partial charge is 0.0945 e. The first-order chi connectivity index (χ1) is 8.81. The minimum Gasteiger partial charge on any atom is -0.337 e. The van der Waals surface area contributed by atoms with E-state index >= 15 is 0 Å². The molecule has 0 aliphatic carbocycles. The fourth-order valence-electron chi connectivity index (χ4n) is 2.93. The predicted octanol–water partition coefficient (Wildman–Crippen LogP) is 1.74. The highest BCUT2D eigenvalue weighted by molar-refractivity contribution is 4.84. The van der Waals surface area contributed by atoms with Gasteiger partial charge in [-0.05, 0) is 39.8 Å². The quantitative estimate of drug-likeness (QED) is 0.835. The Morgan fingerprint density at radius 3 is 3.00 bits per heavy atom. The van der Waals surface area contributed by atoms with Crippen LogP contribution in [0.3, 0.4) is 0 Å². The van der Waals surface area contributed by atoms with Crippen LogP contribution >= 0.6 is 0 Å².